The average Bonchev–Trinajstić information content (AvgIpc) is 1.98. The third-order valence-corrected chi connectivity index (χ3v) is 2.92. The van der Waals surface area contributed by atoms with Crippen LogP contribution in [0.25, 0.3) is 0 Å². The number of thiol groups is 1. The lowest BCUT2D eigenvalue weighted by Gasteiger charge is -2.12. The van der Waals surface area contributed by atoms with E-state index >= 15 is 0 Å². The number of nitrogens with one attached hydrogen (secondary N) is 1. The second-order valence-electron chi connectivity index (χ2n) is 3.07. The van der Waals surface area contributed by atoms with Crippen molar-refractivity contribution in [1.82, 2.24) is 9.97 Å². The van der Waals surface area contributed by atoms with E-state index in [0.29, 0.717) is 11.2 Å². The fraction of sp³-hybridized carbons (Fsp3) is 0.500. The van der Waals surface area contributed by atoms with Crippen molar-refractivity contribution in [2.45, 2.75) is 32.0 Å². The fourth-order valence-electron chi connectivity index (χ4n) is 0.914. The highest BCUT2D eigenvalue weighted by Crippen LogP contribution is 2.20. The summed E-state index contributed by atoms with van der Waals surface area (Å²) >= 11 is 6.36. The molecule has 0 amide bonds. The molecule has 0 radical (unpaired) electrons. The van der Waals surface area contributed by atoms with Crippen molar-refractivity contribution in [2.24, 2.45) is 0 Å². The van der Waals surface area contributed by atoms with Gasteiger partial charge < -0.3 is 5.32 Å². The molecule has 0 saturated carbocycles. The van der Waals surface area contributed by atoms with E-state index in [1.807, 2.05) is 6.92 Å². The summed E-state index contributed by atoms with van der Waals surface area (Å²) < 4.78 is 1.06. The van der Waals surface area contributed by atoms with Crippen molar-refractivity contribution in [2.75, 3.05) is 5.32 Å². The van der Waals surface area contributed by atoms with Crippen LogP contribution in [0.4, 0.5) is 5.82 Å². The minimum absolute atomic E-state index is 0.371. The van der Waals surface area contributed by atoms with Crippen molar-refractivity contribution in [3.8, 4) is 0 Å². The number of hydrogen-bond acceptors (Lipinski definition) is 4. The number of nitrogens with zero attached hydrogens (tertiary/aromatic N) is 2. The van der Waals surface area contributed by atoms with Crippen LogP contribution in [0.1, 0.15) is 19.5 Å². The highest BCUT2D eigenvalue weighted by atomic mass is 127. The number of anilines is 1. The van der Waals surface area contributed by atoms with Crippen LogP contribution in [0.15, 0.2) is 5.16 Å². The second kappa shape index (κ2) is 4.45. The molecule has 0 fully saturated rings. The first-order chi connectivity index (χ1) is 6.00. The van der Waals surface area contributed by atoms with Crippen molar-refractivity contribution in [3.63, 3.8) is 0 Å². The Bertz CT molecular complexity index is 315. The monoisotopic (exact) mass is 309 g/mol. The molecule has 0 bridgehead atoms. The minimum Gasteiger partial charge on any atom is -0.367 e. The van der Waals surface area contributed by atoms with Gasteiger partial charge in [0.25, 0.3) is 0 Å². The summed E-state index contributed by atoms with van der Waals surface area (Å²) in [6.45, 7) is 6.10. The topological polar surface area (TPSA) is 37.8 Å². The van der Waals surface area contributed by atoms with Crippen LogP contribution in [-0.4, -0.2) is 16.0 Å². The van der Waals surface area contributed by atoms with Gasteiger partial charge in [-0.05, 0) is 43.4 Å². The predicted molar refractivity (Wildman–Crippen MR) is 65.5 cm³/mol. The standard InChI is InChI=1S/C8H12IN3S/c1-4(2)10-7-6(9)5(3)11-8(13)12-7/h4H,1-3H3,(H2,10,11,12,13). The Morgan fingerprint density at radius 3 is 2.54 bits per heavy atom. The maximum atomic E-state index is 4.21. The molecule has 13 heavy (non-hydrogen) atoms. The molecule has 0 aromatic carbocycles. The van der Waals surface area contributed by atoms with E-state index in [-0.39, 0.29) is 0 Å². The minimum atomic E-state index is 0.371. The number of halogens is 1. The number of aromatic nitrogens is 2. The lowest BCUT2D eigenvalue weighted by Crippen LogP contribution is -2.13. The zero-order valence-electron chi connectivity index (χ0n) is 7.80. The van der Waals surface area contributed by atoms with Gasteiger partial charge in [-0.2, -0.15) is 0 Å². The van der Waals surface area contributed by atoms with Gasteiger partial charge in [0.2, 0.25) is 0 Å². The van der Waals surface area contributed by atoms with Gasteiger partial charge in [0.1, 0.15) is 5.82 Å². The molecule has 1 heterocycles. The van der Waals surface area contributed by atoms with E-state index in [1.54, 1.807) is 0 Å². The quantitative estimate of drug-likeness (QED) is 0.501. The lowest BCUT2D eigenvalue weighted by molar-refractivity contribution is 0.855. The Labute approximate surface area is 97.3 Å². The SMILES string of the molecule is Cc1nc(S)nc(NC(C)C)c1I. The Balaban J connectivity index is 3.05. The molecule has 1 aromatic rings. The molecular weight excluding hydrogens is 297 g/mol. The first-order valence-corrected chi connectivity index (χ1v) is 5.53. The third kappa shape index (κ3) is 2.98. The maximum absolute atomic E-state index is 4.21. The Morgan fingerprint density at radius 2 is 2.00 bits per heavy atom. The Hall–Kier alpha value is -0.0400. The summed E-state index contributed by atoms with van der Waals surface area (Å²) in [6, 6.07) is 0.371. The molecule has 1 N–H and O–H groups in total. The molecule has 0 saturated heterocycles. The average molecular weight is 309 g/mol. The number of rotatable bonds is 2. The third-order valence-electron chi connectivity index (χ3n) is 1.43. The molecule has 1 aromatic heterocycles. The van der Waals surface area contributed by atoms with Crippen molar-refractivity contribution in [1.29, 1.82) is 0 Å². The van der Waals surface area contributed by atoms with Gasteiger partial charge in [-0.1, -0.05) is 0 Å². The normalized spacial score (nSPS) is 10.6. The summed E-state index contributed by atoms with van der Waals surface area (Å²) in [5.74, 6) is 0.869. The zero-order chi connectivity index (χ0) is 10.0. The van der Waals surface area contributed by atoms with Crippen molar-refractivity contribution >= 4 is 41.0 Å². The number of hydrogen-bond donors (Lipinski definition) is 2. The van der Waals surface area contributed by atoms with Crippen LogP contribution >= 0.6 is 35.2 Å². The van der Waals surface area contributed by atoms with E-state index < -0.39 is 0 Å². The van der Waals surface area contributed by atoms with E-state index in [4.69, 9.17) is 0 Å². The molecule has 0 aliphatic carbocycles. The highest BCUT2D eigenvalue weighted by molar-refractivity contribution is 14.1. The van der Waals surface area contributed by atoms with Crippen molar-refractivity contribution < 1.29 is 0 Å². The van der Waals surface area contributed by atoms with E-state index in [0.717, 1.165) is 15.1 Å². The molecule has 0 aliphatic rings. The van der Waals surface area contributed by atoms with E-state index in [9.17, 15) is 0 Å². The van der Waals surface area contributed by atoms with Crippen LogP contribution in [-0.2, 0) is 0 Å². The van der Waals surface area contributed by atoms with Crippen LogP contribution in [0.5, 0.6) is 0 Å². The molecule has 1 rings (SSSR count). The second-order valence-corrected chi connectivity index (χ2v) is 4.55. The van der Waals surface area contributed by atoms with Gasteiger partial charge in [-0.3, -0.25) is 0 Å². The number of aryl methyl sites for hydroxylation is 1. The fourth-order valence-corrected chi connectivity index (χ4v) is 1.56. The molecule has 72 valence electrons. The Morgan fingerprint density at radius 1 is 1.38 bits per heavy atom. The summed E-state index contributed by atoms with van der Waals surface area (Å²) in [5.41, 5.74) is 0.962. The summed E-state index contributed by atoms with van der Waals surface area (Å²) in [7, 11) is 0. The molecule has 3 nitrogen and oxygen atoms in total. The molecule has 0 spiro atoms. The van der Waals surface area contributed by atoms with Gasteiger partial charge in [0.15, 0.2) is 5.16 Å². The summed E-state index contributed by atoms with van der Waals surface area (Å²) in [4.78, 5) is 8.35. The van der Waals surface area contributed by atoms with Gasteiger partial charge in [-0.25, -0.2) is 9.97 Å². The van der Waals surface area contributed by atoms with Crippen LogP contribution in [0.2, 0.25) is 0 Å². The first-order valence-electron chi connectivity index (χ1n) is 4.00. The molecule has 0 unspecified atom stereocenters. The predicted octanol–water partition coefficient (Wildman–Crippen LogP) is 2.50. The van der Waals surface area contributed by atoms with Gasteiger partial charge in [0, 0.05) is 6.04 Å². The lowest BCUT2D eigenvalue weighted by atomic mass is 10.3. The van der Waals surface area contributed by atoms with Crippen LogP contribution in [0.3, 0.4) is 0 Å². The van der Waals surface area contributed by atoms with Crippen molar-refractivity contribution in [3.05, 3.63) is 9.26 Å². The van der Waals surface area contributed by atoms with E-state index in [1.165, 1.54) is 0 Å². The Kier molecular flexibility index (Phi) is 3.78. The summed E-state index contributed by atoms with van der Waals surface area (Å²) in [5, 5.41) is 3.76. The highest BCUT2D eigenvalue weighted by Gasteiger charge is 2.07. The molecular formula is C8H12IN3S. The summed E-state index contributed by atoms with van der Waals surface area (Å²) in [6.07, 6.45) is 0. The van der Waals surface area contributed by atoms with Gasteiger partial charge >= 0.3 is 0 Å². The van der Waals surface area contributed by atoms with Gasteiger partial charge in [0.05, 0.1) is 9.26 Å². The first kappa shape index (κ1) is 11.0. The largest absolute Gasteiger partial charge is 0.367 e. The molecule has 0 atom stereocenters. The van der Waals surface area contributed by atoms with E-state index in [2.05, 4.69) is 64.4 Å². The van der Waals surface area contributed by atoms with Gasteiger partial charge in [-0.15, -0.1) is 12.6 Å². The zero-order valence-corrected chi connectivity index (χ0v) is 10.8. The van der Waals surface area contributed by atoms with Crippen LogP contribution < -0.4 is 5.32 Å². The molecule has 0 aliphatic heterocycles. The maximum Gasteiger partial charge on any atom is 0.186 e. The smallest absolute Gasteiger partial charge is 0.186 e. The van der Waals surface area contributed by atoms with Crippen LogP contribution in [0, 0.1) is 10.5 Å². The molecule has 5 heteroatoms.